The molecule has 0 unspecified atom stereocenters. The molecule has 1 amide bonds. The summed E-state index contributed by atoms with van der Waals surface area (Å²) < 4.78 is 38.0. The van der Waals surface area contributed by atoms with Crippen molar-refractivity contribution in [3.8, 4) is 33.8 Å². The molecule has 230 valence electrons. The molecule has 6 aromatic rings. The van der Waals surface area contributed by atoms with Gasteiger partial charge in [-0.05, 0) is 71.0 Å². The fraction of sp³-hybridized carbons (Fsp3) is 0.242. The molecule has 5 heterocycles. The van der Waals surface area contributed by atoms with Crippen LogP contribution in [0.3, 0.4) is 0 Å². The number of halogens is 1. The van der Waals surface area contributed by atoms with E-state index in [0.29, 0.717) is 51.5 Å². The highest BCUT2D eigenvalue weighted by atomic mass is 32.2. The Kier molecular flexibility index (Phi) is 7.69. The Morgan fingerprint density at radius 2 is 1.84 bits per heavy atom. The van der Waals surface area contributed by atoms with E-state index in [1.54, 1.807) is 30.7 Å². The number of pyridine rings is 3. The molecule has 0 bridgehead atoms. The zero-order valence-electron chi connectivity index (χ0n) is 25.3. The smallest absolute Gasteiger partial charge is 0.224 e. The maximum atomic E-state index is 14.6. The van der Waals surface area contributed by atoms with Crippen molar-refractivity contribution >= 4 is 43.5 Å². The molecule has 5 aromatic heterocycles. The number of anilines is 1. The van der Waals surface area contributed by atoms with Crippen molar-refractivity contribution in [3.63, 3.8) is 0 Å². The van der Waals surface area contributed by atoms with E-state index >= 15 is 0 Å². The Bertz CT molecular complexity index is 2180. The molecule has 0 aliphatic carbocycles. The van der Waals surface area contributed by atoms with Gasteiger partial charge in [0.15, 0.2) is 0 Å². The summed E-state index contributed by atoms with van der Waals surface area (Å²) in [5, 5.41) is 11.2. The highest BCUT2D eigenvalue weighted by molar-refractivity contribution is 7.90. The first-order valence-electron chi connectivity index (χ1n) is 14.4. The van der Waals surface area contributed by atoms with Crippen LogP contribution >= 0.6 is 0 Å². The summed E-state index contributed by atoms with van der Waals surface area (Å²) >= 11 is 0. The fourth-order valence-corrected chi connectivity index (χ4v) is 5.85. The lowest BCUT2D eigenvalue weighted by molar-refractivity contribution is -0.117. The van der Waals surface area contributed by atoms with E-state index < -0.39 is 15.7 Å². The molecule has 0 saturated carbocycles. The Labute approximate surface area is 259 Å². The Morgan fingerprint density at radius 3 is 2.62 bits per heavy atom. The van der Waals surface area contributed by atoms with Crippen LogP contribution in [0.4, 0.5) is 10.1 Å². The number of hydrogen-bond donors (Lipinski definition) is 3. The number of aryl methyl sites for hydroxylation is 1. The Balaban J connectivity index is 1.34. The first-order valence-corrected chi connectivity index (χ1v) is 16.4. The van der Waals surface area contributed by atoms with Crippen molar-refractivity contribution < 1.29 is 17.6 Å². The molecule has 6 rings (SSSR count). The monoisotopic (exact) mass is 625 g/mol. The number of nitrogens with one attached hydrogen (secondary N) is 3. The van der Waals surface area contributed by atoms with Gasteiger partial charge < -0.3 is 10.3 Å². The quantitative estimate of drug-likeness (QED) is 0.179. The van der Waals surface area contributed by atoms with Gasteiger partial charge in [-0.2, -0.15) is 5.10 Å². The van der Waals surface area contributed by atoms with Gasteiger partial charge in [-0.1, -0.05) is 26.8 Å². The molecule has 45 heavy (non-hydrogen) atoms. The van der Waals surface area contributed by atoms with Gasteiger partial charge in [0, 0.05) is 36.0 Å². The second kappa shape index (κ2) is 11.5. The van der Waals surface area contributed by atoms with Gasteiger partial charge in [0.05, 0.1) is 34.5 Å². The van der Waals surface area contributed by atoms with Gasteiger partial charge in [0.2, 0.25) is 5.91 Å². The Morgan fingerprint density at radius 1 is 1.02 bits per heavy atom. The van der Waals surface area contributed by atoms with Crippen LogP contribution in [-0.4, -0.2) is 56.5 Å². The van der Waals surface area contributed by atoms with E-state index in [1.807, 2.05) is 45.0 Å². The van der Waals surface area contributed by atoms with Crippen LogP contribution in [0.15, 0.2) is 67.1 Å². The number of fused-ring (bicyclic) bond motifs is 2. The number of carbonyl (C=O) groups is 1. The van der Waals surface area contributed by atoms with E-state index in [2.05, 4.69) is 30.5 Å². The molecule has 0 atom stereocenters. The van der Waals surface area contributed by atoms with Crippen molar-refractivity contribution in [1.29, 1.82) is 0 Å². The SMILES string of the molecule is CC(C)(C)CC(=O)Nc1cncc(-c2ccc3[nH]nc(-c4cc5c(-c6cc(F)cc(CCS(C)(=O)=O)c6)ccnc5[nH]4)c3n2)c1. The lowest BCUT2D eigenvalue weighted by Crippen LogP contribution is -2.19. The second-order valence-electron chi connectivity index (χ2n) is 12.4. The van der Waals surface area contributed by atoms with Crippen LogP contribution in [0, 0.1) is 11.2 Å². The topological polar surface area (TPSA) is 146 Å². The number of aromatic nitrogens is 6. The largest absolute Gasteiger partial charge is 0.338 e. The first kappa shape index (κ1) is 30.1. The number of H-pyrrole nitrogens is 2. The number of amides is 1. The third-order valence-electron chi connectivity index (χ3n) is 7.23. The van der Waals surface area contributed by atoms with Crippen molar-refractivity contribution in [2.75, 3.05) is 17.3 Å². The van der Waals surface area contributed by atoms with E-state index in [9.17, 15) is 17.6 Å². The van der Waals surface area contributed by atoms with E-state index in [1.165, 1.54) is 18.4 Å². The molecule has 3 N–H and O–H groups in total. The molecular weight excluding hydrogens is 593 g/mol. The second-order valence-corrected chi connectivity index (χ2v) is 14.7. The highest BCUT2D eigenvalue weighted by Gasteiger charge is 2.18. The van der Waals surface area contributed by atoms with Gasteiger partial charge in [-0.25, -0.2) is 22.8 Å². The van der Waals surface area contributed by atoms with Gasteiger partial charge in [-0.15, -0.1) is 0 Å². The zero-order valence-corrected chi connectivity index (χ0v) is 26.1. The standard InChI is InChI=1S/C33H32FN7O3S/c1-33(2,3)16-29(42)37-23-14-21(17-35-18-23)26-5-6-27-30(38-26)31(41-40-27)28-15-25-24(7-9-36-32(25)39-28)20-11-19(12-22(34)13-20)8-10-45(4,43)44/h5-7,9,11-15,17-18H,8,10,16H2,1-4H3,(H,36,39)(H,37,42)(H,40,41). The minimum atomic E-state index is -3.19. The fourth-order valence-electron chi connectivity index (χ4n) is 5.24. The van der Waals surface area contributed by atoms with Gasteiger partial charge in [0.1, 0.15) is 32.5 Å². The van der Waals surface area contributed by atoms with Crippen LogP contribution in [0.2, 0.25) is 0 Å². The van der Waals surface area contributed by atoms with Crippen molar-refractivity contribution in [3.05, 3.63) is 78.5 Å². The average Bonchev–Trinajstić information content (AvgIpc) is 3.58. The molecule has 0 radical (unpaired) electrons. The van der Waals surface area contributed by atoms with Gasteiger partial charge >= 0.3 is 0 Å². The summed E-state index contributed by atoms with van der Waals surface area (Å²) in [6.07, 6.45) is 6.69. The zero-order chi connectivity index (χ0) is 31.9. The van der Waals surface area contributed by atoms with Gasteiger partial charge in [-0.3, -0.25) is 14.9 Å². The summed E-state index contributed by atoms with van der Waals surface area (Å²) in [5.41, 5.74) is 6.96. The lowest BCUT2D eigenvalue weighted by atomic mass is 9.92. The lowest BCUT2D eigenvalue weighted by Gasteiger charge is -2.17. The molecule has 12 heteroatoms. The third-order valence-corrected chi connectivity index (χ3v) is 8.18. The van der Waals surface area contributed by atoms with Crippen LogP contribution in [0.5, 0.6) is 0 Å². The number of carbonyl (C=O) groups excluding carboxylic acids is 1. The van der Waals surface area contributed by atoms with Crippen LogP contribution in [-0.2, 0) is 21.1 Å². The predicted octanol–water partition coefficient (Wildman–Crippen LogP) is 6.33. The number of nitrogens with zero attached hydrogens (tertiary/aromatic N) is 4. The molecule has 0 spiro atoms. The molecule has 0 aliphatic heterocycles. The van der Waals surface area contributed by atoms with Crippen molar-refractivity contribution in [1.82, 2.24) is 30.1 Å². The molecule has 10 nitrogen and oxygen atoms in total. The van der Waals surface area contributed by atoms with Crippen LogP contribution in [0.25, 0.3) is 55.8 Å². The first-order chi connectivity index (χ1) is 21.3. The maximum absolute atomic E-state index is 14.6. The maximum Gasteiger partial charge on any atom is 0.224 e. The minimum absolute atomic E-state index is 0.0661. The summed E-state index contributed by atoms with van der Waals surface area (Å²) in [4.78, 5) is 29.5. The van der Waals surface area contributed by atoms with Crippen LogP contribution < -0.4 is 5.32 Å². The summed E-state index contributed by atoms with van der Waals surface area (Å²) in [7, 11) is -3.19. The predicted molar refractivity (Wildman–Crippen MR) is 174 cm³/mol. The van der Waals surface area contributed by atoms with Crippen molar-refractivity contribution in [2.24, 2.45) is 5.41 Å². The van der Waals surface area contributed by atoms with Gasteiger partial charge in [0.25, 0.3) is 0 Å². The Hall–Kier alpha value is -4.97. The number of rotatable bonds is 8. The normalized spacial score (nSPS) is 12.2. The van der Waals surface area contributed by atoms with E-state index in [-0.39, 0.29) is 23.5 Å². The number of sulfone groups is 1. The number of benzene rings is 1. The highest BCUT2D eigenvalue weighted by Crippen LogP contribution is 2.34. The number of hydrogen-bond acceptors (Lipinski definition) is 7. The van der Waals surface area contributed by atoms with E-state index in [4.69, 9.17) is 4.98 Å². The van der Waals surface area contributed by atoms with E-state index in [0.717, 1.165) is 22.0 Å². The molecule has 0 saturated heterocycles. The minimum Gasteiger partial charge on any atom is -0.338 e. The molecular formula is C33H32FN7O3S. The third kappa shape index (κ3) is 6.91. The number of aromatic amines is 2. The molecule has 0 aliphatic rings. The summed E-state index contributed by atoms with van der Waals surface area (Å²) in [6, 6.07) is 13.9. The summed E-state index contributed by atoms with van der Waals surface area (Å²) in [6.45, 7) is 6.03. The molecule has 0 fully saturated rings. The van der Waals surface area contributed by atoms with Crippen molar-refractivity contribution in [2.45, 2.75) is 33.6 Å². The molecule has 1 aromatic carbocycles. The van der Waals surface area contributed by atoms with Crippen LogP contribution in [0.1, 0.15) is 32.8 Å². The average molecular weight is 626 g/mol. The summed E-state index contributed by atoms with van der Waals surface area (Å²) in [5.74, 6) is -0.597.